The van der Waals surface area contributed by atoms with Crippen molar-refractivity contribution in [2.75, 3.05) is 70.0 Å². The third kappa shape index (κ3) is 5.71. The van der Waals surface area contributed by atoms with Crippen molar-refractivity contribution in [1.29, 1.82) is 0 Å². The van der Waals surface area contributed by atoms with Crippen molar-refractivity contribution < 1.29 is 41.6 Å². The maximum Gasteiger partial charge on any atom is 0.433 e. The van der Waals surface area contributed by atoms with Crippen LogP contribution in [0, 0.1) is 0 Å². The van der Waals surface area contributed by atoms with Crippen LogP contribution in [0.25, 0.3) is 10.9 Å². The standard InChI is InChI=1S/C32H37F3N5O5S/c1-31(2,3)45-30(42)27-22(29(41)38-12-14-46-19-38)18-40(13-6-7-24(27)40)39-10-8-37(9-11-39)23-17-26(32(33,34)35)36-28-21(23)15-20(43-4)16-25(28)44-5/h6-7,13,15-17H,8-12,14,18-19H2,1-5H3/q+1/t40-/m1/s1. The highest BCUT2D eigenvalue weighted by molar-refractivity contribution is 7.99. The van der Waals surface area contributed by atoms with Crippen LogP contribution in [0.4, 0.5) is 18.9 Å². The molecule has 4 aliphatic heterocycles. The molecule has 2 aromatic rings. The summed E-state index contributed by atoms with van der Waals surface area (Å²) in [6, 6.07) is 4.27. The van der Waals surface area contributed by atoms with Crippen LogP contribution in [-0.4, -0.2) is 102 Å². The zero-order valence-corrected chi connectivity index (χ0v) is 27.3. The Bertz CT molecular complexity index is 1670. The van der Waals surface area contributed by atoms with Crippen molar-refractivity contribution in [3.63, 3.8) is 0 Å². The Morgan fingerprint density at radius 1 is 1.00 bits per heavy atom. The van der Waals surface area contributed by atoms with E-state index < -0.39 is 23.4 Å². The van der Waals surface area contributed by atoms with Gasteiger partial charge in [-0.2, -0.15) is 17.8 Å². The average molecular weight is 661 g/mol. The highest BCUT2D eigenvalue weighted by Crippen LogP contribution is 2.45. The molecule has 6 rings (SSSR count). The van der Waals surface area contributed by atoms with Gasteiger partial charge in [0.05, 0.1) is 38.8 Å². The van der Waals surface area contributed by atoms with Gasteiger partial charge in [-0.1, -0.05) is 0 Å². The van der Waals surface area contributed by atoms with Crippen LogP contribution in [0.3, 0.4) is 0 Å². The molecule has 0 saturated carbocycles. The van der Waals surface area contributed by atoms with Crippen molar-refractivity contribution in [3.05, 3.63) is 59.1 Å². The van der Waals surface area contributed by atoms with E-state index in [9.17, 15) is 22.8 Å². The SMILES string of the molecule is COc1cc(OC)c2nc(C(F)(F)F)cc(N3CCN([N@@+]45C=CC=C4C(C(=O)OC(C)(C)C)=C(C(=O)N4CCSC4)C5)CC3)c2c1. The molecule has 0 N–H and O–H groups in total. The van der Waals surface area contributed by atoms with Gasteiger partial charge in [0, 0.05) is 48.6 Å². The molecule has 0 unspecified atom stereocenters. The van der Waals surface area contributed by atoms with Crippen molar-refractivity contribution in [1.82, 2.24) is 14.9 Å². The molecule has 2 fully saturated rings. The van der Waals surface area contributed by atoms with E-state index in [0.29, 0.717) is 72.3 Å². The van der Waals surface area contributed by atoms with Crippen LogP contribution < -0.4 is 14.4 Å². The quantitative estimate of drug-likeness (QED) is 0.323. The van der Waals surface area contributed by atoms with Crippen LogP contribution in [0.5, 0.6) is 11.5 Å². The number of benzene rings is 1. The maximum atomic E-state index is 14.0. The van der Waals surface area contributed by atoms with E-state index in [1.807, 2.05) is 23.3 Å². The molecule has 5 heterocycles. The van der Waals surface area contributed by atoms with Crippen molar-refractivity contribution in [2.45, 2.75) is 32.5 Å². The number of carbonyl (C=O) groups excluding carboxylic acids is 2. The lowest BCUT2D eigenvalue weighted by molar-refractivity contribution is -0.948. The molecule has 0 aliphatic carbocycles. The number of ether oxygens (including phenoxy) is 3. The molecule has 10 nitrogen and oxygen atoms in total. The monoisotopic (exact) mass is 660 g/mol. The summed E-state index contributed by atoms with van der Waals surface area (Å²) in [5, 5.41) is 2.64. The lowest BCUT2D eigenvalue weighted by atomic mass is 10.1. The Morgan fingerprint density at radius 3 is 2.35 bits per heavy atom. The number of hydrogen-bond donors (Lipinski definition) is 0. The highest BCUT2D eigenvalue weighted by Gasteiger charge is 2.55. The minimum Gasteiger partial charge on any atom is -0.497 e. The fraction of sp³-hybridized carbons (Fsp3) is 0.469. The maximum absolute atomic E-state index is 14.0. The van der Waals surface area contributed by atoms with Crippen LogP contribution in [0.1, 0.15) is 26.5 Å². The van der Waals surface area contributed by atoms with Gasteiger partial charge in [0.2, 0.25) is 0 Å². The first kappa shape index (κ1) is 32.2. The molecule has 4 aliphatic rings. The molecule has 2 saturated heterocycles. The summed E-state index contributed by atoms with van der Waals surface area (Å²) >= 11 is 1.67. The summed E-state index contributed by atoms with van der Waals surface area (Å²) in [5.74, 6) is 1.31. The van der Waals surface area contributed by atoms with Crippen LogP contribution in [-0.2, 0) is 20.5 Å². The summed E-state index contributed by atoms with van der Waals surface area (Å²) in [4.78, 5) is 35.1. The number of methoxy groups -OCH3 is 2. The second-order valence-corrected chi connectivity index (χ2v) is 13.6. The van der Waals surface area contributed by atoms with Gasteiger partial charge in [0.1, 0.15) is 46.6 Å². The minimum absolute atomic E-state index is 0.0964. The summed E-state index contributed by atoms with van der Waals surface area (Å²) in [7, 11) is 2.87. The predicted molar refractivity (Wildman–Crippen MR) is 168 cm³/mol. The van der Waals surface area contributed by atoms with Gasteiger partial charge in [0.25, 0.3) is 5.91 Å². The van der Waals surface area contributed by atoms with Gasteiger partial charge in [-0.15, -0.1) is 16.8 Å². The number of amides is 1. The van der Waals surface area contributed by atoms with Gasteiger partial charge in [0.15, 0.2) is 5.70 Å². The molecule has 46 heavy (non-hydrogen) atoms. The number of nitrogens with zero attached hydrogens (tertiary/aromatic N) is 5. The topological polar surface area (TPSA) is 84.4 Å². The number of rotatable bonds is 6. The molecule has 246 valence electrons. The smallest absolute Gasteiger partial charge is 0.433 e. The molecule has 0 spiro atoms. The zero-order valence-electron chi connectivity index (χ0n) is 26.4. The number of piperazine rings is 1. The van der Waals surface area contributed by atoms with Crippen LogP contribution in [0.15, 0.2) is 53.4 Å². The fourth-order valence-electron chi connectivity index (χ4n) is 6.45. The van der Waals surface area contributed by atoms with Crippen LogP contribution in [0.2, 0.25) is 0 Å². The van der Waals surface area contributed by atoms with Gasteiger partial charge >= 0.3 is 12.1 Å². The first-order valence-electron chi connectivity index (χ1n) is 15.0. The van der Waals surface area contributed by atoms with Gasteiger partial charge in [-0.25, -0.2) is 9.78 Å². The summed E-state index contributed by atoms with van der Waals surface area (Å²) < 4.78 is 58.9. The summed E-state index contributed by atoms with van der Waals surface area (Å²) in [5.41, 5.74) is 0.0804. The van der Waals surface area contributed by atoms with Gasteiger partial charge in [-0.3, -0.25) is 4.79 Å². The largest absolute Gasteiger partial charge is 0.497 e. The lowest BCUT2D eigenvalue weighted by Gasteiger charge is -2.44. The molecular weight excluding hydrogens is 623 g/mol. The first-order valence-corrected chi connectivity index (χ1v) is 16.2. The van der Waals surface area contributed by atoms with Crippen molar-refractivity contribution >= 4 is 40.2 Å². The Labute approximate surface area is 269 Å². The van der Waals surface area contributed by atoms with E-state index >= 15 is 0 Å². The number of carbonyl (C=O) groups is 2. The minimum atomic E-state index is -4.66. The van der Waals surface area contributed by atoms with Gasteiger partial charge < -0.3 is 24.0 Å². The van der Waals surface area contributed by atoms with E-state index in [-0.39, 0.29) is 28.3 Å². The zero-order chi connectivity index (χ0) is 33.0. The Hall–Kier alpha value is -3.75. The number of alkyl halides is 3. The number of thioether (sulfide) groups is 1. The lowest BCUT2D eigenvalue weighted by Crippen LogP contribution is -2.60. The number of esters is 1. The predicted octanol–water partition coefficient (Wildman–Crippen LogP) is 4.72. The molecule has 14 heteroatoms. The number of hydrogen-bond acceptors (Lipinski definition) is 9. The third-order valence-corrected chi connectivity index (χ3v) is 9.51. The summed E-state index contributed by atoms with van der Waals surface area (Å²) in [6.07, 6.45) is 1.04. The van der Waals surface area contributed by atoms with Crippen molar-refractivity contribution in [2.24, 2.45) is 0 Å². The number of allylic oxidation sites excluding steroid dienone is 2. The number of aromatic nitrogens is 1. The van der Waals surface area contributed by atoms with E-state index in [1.54, 1.807) is 43.5 Å². The molecule has 1 atom stereocenters. The second kappa shape index (κ2) is 11.8. The molecule has 1 aromatic carbocycles. The molecule has 0 bridgehead atoms. The molecule has 1 amide bonds. The second-order valence-electron chi connectivity index (χ2n) is 12.5. The van der Waals surface area contributed by atoms with E-state index in [4.69, 9.17) is 14.2 Å². The van der Waals surface area contributed by atoms with Gasteiger partial charge in [-0.05, 0) is 39.0 Å². The molecular formula is C32H37F3N5O5S+. The average Bonchev–Trinajstić information content (AvgIpc) is 3.75. The Morgan fingerprint density at radius 2 is 1.74 bits per heavy atom. The molecule has 1 aromatic heterocycles. The number of pyridine rings is 1. The number of quaternary nitrogens is 1. The van der Waals surface area contributed by atoms with Crippen molar-refractivity contribution in [3.8, 4) is 11.5 Å². The summed E-state index contributed by atoms with van der Waals surface area (Å²) in [6.45, 7) is 7.88. The first-order chi connectivity index (χ1) is 21.8. The Balaban J connectivity index is 1.33. The number of fused-ring (bicyclic) bond motifs is 2. The normalized spacial score (nSPS) is 22.0. The highest BCUT2D eigenvalue weighted by atomic mass is 32.2. The van der Waals surface area contributed by atoms with Crippen LogP contribution >= 0.6 is 11.8 Å². The number of anilines is 1. The van der Waals surface area contributed by atoms with E-state index in [1.165, 1.54) is 20.3 Å². The Kier molecular flexibility index (Phi) is 8.26. The fourth-order valence-corrected chi connectivity index (χ4v) is 7.39. The third-order valence-electron chi connectivity index (χ3n) is 8.54. The van der Waals surface area contributed by atoms with E-state index in [0.717, 1.165) is 11.8 Å². The molecule has 0 radical (unpaired) electrons. The number of halogens is 3. The van der Waals surface area contributed by atoms with E-state index in [2.05, 4.69) is 9.99 Å².